The Morgan fingerprint density at radius 2 is 2.18 bits per heavy atom. The monoisotopic (exact) mass is 323 g/mol. The second-order valence-corrected chi connectivity index (χ2v) is 7.77. The van der Waals surface area contributed by atoms with Gasteiger partial charge in [0.2, 0.25) is 5.13 Å². The van der Waals surface area contributed by atoms with Crippen LogP contribution < -0.4 is 16.0 Å². The molecule has 1 aromatic heterocycles. The SMILES string of the molecule is CC(C)(C)c1nsc(NCC2CCCC23NC(=O)NC3=O)n1. The predicted molar refractivity (Wildman–Crippen MR) is 83.8 cm³/mol. The number of amides is 3. The number of hydrogen-bond donors (Lipinski definition) is 3. The lowest BCUT2D eigenvalue weighted by atomic mass is 9.87. The van der Waals surface area contributed by atoms with Gasteiger partial charge in [-0.25, -0.2) is 9.78 Å². The van der Waals surface area contributed by atoms with Crippen molar-refractivity contribution in [2.75, 3.05) is 11.9 Å². The van der Waals surface area contributed by atoms with Gasteiger partial charge in [-0.05, 0) is 12.8 Å². The van der Waals surface area contributed by atoms with E-state index in [1.54, 1.807) is 0 Å². The third-order valence-electron chi connectivity index (χ3n) is 4.39. The lowest BCUT2D eigenvalue weighted by molar-refractivity contribution is -0.125. The van der Waals surface area contributed by atoms with Crippen LogP contribution in [0.1, 0.15) is 45.9 Å². The van der Waals surface area contributed by atoms with Crippen LogP contribution >= 0.6 is 11.5 Å². The van der Waals surface area contributed by atoms with Gasteiger partial charge in [0.1, 0.15) is 11.4 Å². The van der Waals surface area contributed by atoms with E-state index in [0.29, 0.717) is 13.0 Å². The number of aromatic nitrogens is 2. The zero-order chi connectivity index (χ0) is 16.0. The summed E-state index contributed by atoms with van der Waals surface area (Å²) < 4.78 is 4.37. The van der Waals surface area contributed by atoms with Crippen LogP contribution in [-0.4, -0.2) is 33.4 Å². The highest BCUT2D eigenvalue weighted by molar-refractivity contribution is 7.09. The number of nitrogens with zero attached hydrogens (tertiary/aromatic N) is 2. The highest BCUT2D eigenvalue weighted by Crippen LogP contribution is 2.38. The summed E-state index contributed by atoms with van der Waals surface area (Å²) >= 11 is 1.33. The van der Waals surface area contributed by atoms with E-state index in [-0.39, 0.29) is 23.3 Å². The zero-order valence-corrected chi connectivity index (χ0v) is 13.8. The van der Waals surface area contributed by atoms with Crippen molar-refractivity contribution < 1.29 is 9.59 Å². The fourth-order valence-electron chi connectivity index (χ4n) is 3.13. The molecule has 1 aliphatic carbocycles. The number of nitrogens with one attached hydrogen (secondary N) is 3. The topological polar surface area (TPSA) is 96.0 Å². The Morgan fingerprint density at radius 1 is 1.41 bits per heavy atom. The average molecular weight is 323 g/mol. The minimum atomic E-state index is -0.748. The summed E-state index contributed by atoms with van der Waals surface area (Å²) in [5.74, 6) is 0.684. The third kappa shape index (κ3) is 2.55. The number of carbonyl (C=O) groups excluding carboxylic acids is 2. The maximum Gasteiger partial charge on any atom is 0.322 e. The second kappa shape index (κ2) is 5.19. The summed E-state index contributed by atoms with van der Waals surface area (Å²) in [6, 6.07) is -0.386. The van der Waals surface area contributed by atoms with Crippen LogP contribution in [0.4, 0.5) is 9.93 Å². The van der Waals surface area contributed by atoms with Gasteiger partial charge in [0.15, 0.2) is 0 Å². The molecule has 0 bridgehead atoms. The number of anilines is 1. The number of urea groups is 1. The van der Waals surface area contributed by atoms with Gasteiger partial charge in [0, 0.05) is 29.4 Å². The molecule has 3 rings (SSSR count). The predicted octanol–water partition coefficient (Wildman–Crippen LogP) is 1.63. The van der Waals surface area contributed by atoms with Crippen LogP contribution in [0.5, 0.6) is 0 Å². The maximum absolute atomic E-state index is 12.1. The van der Waals surface area contributed by atoms with Gasteiger partial charge in [-0.1, -0.05) is 27.2 Å². The number of hydrogen-bond acceptors (Lipinski definition) is 6. The number of carbonyl (C=O) groups is 2. The smallest absolute Gasteiger partial charge is 0.322 e. The van der Waals surface area contributed by atoms with Crippen LogP contribution in [0.15, 0.2) is 0 Å². The minimum absolute atomic E-state index is 0.0703. The van der Waals surface area contributed by atoms with Crippen LogP contribution in [-0.2, 0) is 10.2 Å². The number of imide groups is 1. The molecular weight excluding hydrogens is 302 g/mol. The van der Waals surface area contributed by atoms with Crippen molar-refractivity contribution in [3.8, 4) is 0 Å². The molecule has 2 unspecified atom stereocenters. The molecule has 3 N–H and O–H groups in total. The van der Waals surface area contributed by atoms with Crippen molar-refractivity contribution in [1.82, 2.24) is 20.0 Å². The van der Waals surface area contributed by atoms with Crippen molar-refractivity contribution in [2.45, 2.75) is 51.0 Å². The van der Waals surface area contributed by atoms with Crippen molar-refractivity contribution in [2.24, 2.45) is 5.92 Å². The van der Waals surface area contributed by atoms with Crippen LogP contribution in [0, 0.1) is 5.92 Å². The minimum Gasteiger partial charge on any atom is -0.360 e. The fourth-order valence-corrected chi connectivity index (χ4v) is 3.90. The lowest BCUT2D eigenvalue weighted by Gasteiger charge is -2.28. The Hall–Kier alpha value is -1.70. The molecule has 7 nitrogen and oxygen atoms in total. The zero-order valence-electron chi connectivity index (χ0n) is 13.0. The Labute approximate surface area is 133 Å². The first kappa shape index (κ1) is 15.2. The van der Waals surface area contributed by atoms with E-state index in [2.05, 4.69) is 46.1 Å². The first-order valence-electron chi connectivity index (χ1n) is 7.53. The molecule has 0 radical (unpaired) electrons. The molecule has 1 spiro atoms. The molecule has 1 aliphatic heterocycles. The number of rotatable bonds is 3. The van der Waals surface area contributed by atoms with E-state index in [9.17, 15) is 9.59 Å². The standard InChI is InChI=1S/C14H21N5O2S/c1-13(2,3)9-16-12(22-19-9)15-7-8-5-4-6-14(8)10(20)17-11(21)18-14/h8H,4-7H2,1-3H3,(H,15,16,19)(H2,17,18,20,21). The Kier molecular flexibility index (Phi) is 3.58. The van der Waals surface area contributed by atoms with Gasteiger partial charge < -0.3 is 10.6 Å². The average Bonchev–Trinajstić information content (AvgIpc) is 3.08. The molecule has 2 aliphatic rings. The van der Waals surface area contributed by atoms with Crippen LogP contribution in [0.2, 0.25) is 0 Å². The summed E-state index contributed by atoms with van der Waals surface area (Å²) in [5.41, 5.74) is -0.827. The largest absolute Gasteiger partial charge is 0.360 e. The van der Waals surface area contributed by atoms with Crippen molar-refractivity contribution in [1.29, 1.82) is 0 Å². The van der Waals surface area contributed by atoms with Crippen molar-refractivity contribution in [3.63, 3.8) is 0 Å². The first-order chi connectivity index (χ1) is 10.3. The van der Waals surface area contributed by atoms with E-state index in [0.717, 1.165) is 23.8 Å². The van der Waals surface area contributed by atoms with Crippen LogP contribution in [0.25, 0.3) is 0 Å². The Bertz CT molecular complexity index is 609. The maximum atomic E-state index is 12.1. The van der Waals surface area contributed by atoms with E-state index < -0.39 is 5.54 Å². The summed E-state index contributed by atoms with van der Waals surface area (Å²) in [7, 11) is 0. The van der Waals surface area contributed by atoms with E-state index in [1.165, 1.54) is 11.5 Å². The second-order valence-electron chi connectivity index (χ2n) is 7.02. The molecule has 1 saturated heterocycles. The van der Waals surface area contributed by atoms with Crippen molar-refractivity contribution in [3.05, 3.63) is 5.82 Å². The highest BCUT2D eigenvalue weighted by atomic mass is 32.1. The van der Waals surface area contributed by atoms with Gasteiger partial charge in [0.25, 0.3) is 5.91 Å². The third-order valence-corrected chi connectivity index (χ3v) is 5.06. The molecular formula is C14H21N5O2S. The fraction of sp³-hybridized carbons (Fsp3) is 0.714. The molecule has 2 atom stereocenters. The molecule has 1 aromatic rings. The quantitative estimate of drug-likeness (QED) is 0.735. The van der Waals surface area contributed by atoms with Gasteiger partial charge in [-0.3, -0.25) is 10.1 Å². The summed E-state index contributed by atoms with van der Waals surface area (Å²) in [6.45, 7) is 6.82. The molecule has 2 heterocycles. The normalized spacial score (nSPS) is 28.0. The highest BCUT2D eigenvalue weighted by Gasteiger charge is 2.54. The van der Waals surface area contributed by atoms with E-state index in [1.807, 2.05) is 0 Å². The molecule has 120 valence electrons. The molecule has 0 aromatic carbocycles. The van der Waals surface area contributed by atoms with Gasteiger partial charge >= 0.3 is 6.03 Å². The molecule has 3 amide bonds. The van der Waals surface area contributed by atoms with E-state index in [4.69, 9.17) is 0 Å². The molecule has 22 heavy (non-hydrogen) atoms. The van der Waals surface area contributed by atoms with Gasteiger partial charge in [-0.2, -0.15) is 4.37 Å². The van der Waals surface area contributed by atoms with Gasteiger partial charge in [0.05, 0.1) is 0 Å². The lowest BCUT2D eigenvalue weighted by Crippen LogP contribution is -2.51. The Balaban J connectivity index is 1.67. The summed E-state index contributed by atoms with van der Waals surface area (Å²) in [4.78, 5) is 28.1. The van der Waals surface area contributed by atoms with Gasteiger partial charge in [-0.15, -0.1) is 0 Å². The summed E-state index contributed by atoms with van der Waals surface area (Å²) in [6.07, 6.45) is 2.54. The van der Waals surface area contributed by atoms with Crippen molar-refractivity contribution >= 4 is 28.6 Å². The first-order valence-corrected chi connectivity index (χ1v) is 8.30. The molecule has 2 fully saturated rings. The van der Waals surface area contributed by atoms with E-state index >= 15 is 0 Å². The summed E-state index contributed by atoms with van der Waals surface area (Å²) in [5, 5.41) is 9.22. The molecule has 1 saturated carbocycles. The molecule has 8 heteroatoms. The van der Waals surface area contributed by atoms with Crippen LogP contribution in [0.3, 0.4) is 0 Å². The Morgan fingerprint density at radius 3 is 2.77 bits per heavy atom.